The summed E-state index contributed by atoms with van der Waals surface area (Å²) in [5.41, 5.74) is 0.160. The molecule has 0 saturated heterocycles. The lowest BCUT2D eigenvalue weighted by molar-refractivity contribution is -0.137. The van der Waals surface area contributed by atoms with E-state index in [1.807, 2.05) is 6.07 Å². The Morgan fingerprint density at radius 1 is 1.00 bits per heavy atom. The van der Waals surface area contributed by atoms with Crippen molar-refractivity contribution in [2.75, 3.05) is 5.32 Å². The highest BCUT2D eigenvalue weighted by atomic mass is 19.4. The summed E-state index contributed by atoms with van der Waals surface area (Å²) in [7, 11) is 0. The largest absolute Gasteiger partial charge is 0.416 e. The number of anilines is 1. The fourth-order valence-corrected chi connectivity index (χ4v) is 1.76. The lowest BCUT2D eigenvalue weighted by atomic mass is 10.1. The van der Waals surface area contributed by atoms with E-state index in [2.05, 4.69) is 5.32 Å². The number of amides is 1. The summed E-state index contributed by atoms with van der Waals surface area (Å²) < 4.78 is 37.6. The molecule has 0 heterocycles. The van der Waals surface area contributed by atoms with E-state index in [0.29, 0.717) is 0 Å². The maximum Gasteiger partial charge on any atom is 0.416 e. The molecule has 0 spiro atoms. The van der Waals surface area contributed by atoms with E-state index in [1.165, 1.54) is 12.1 Å². The monoisotopic (exact) mass is 279 g/mol. The molecule has 0 aliphatic heterocycles. The zero-order chi connectivity index (χ0) is 14.6. The topological polar surface area (TPSA) is 29.1 Å². The van der Waals surface area contributed by atoms with Crippen LogP contribution in [-0.4, -0.2) is 5.91 Å². The van der Waals surface area contributed by atoms with Crippen molar-refractivity contribution < 1.29 is 18.0 Å². The zero-order valence-electron chi connectivity index (χ0n) is 10.4. The quantitative estimate of drug-likeness (QED) is 0.907. The summed E-state index contributed by atoms with van der Waals surface area (Å²) in [6.45, 7) is 0. The lowest BCUT2D eigenvalue weighted by Gasteiger charge is -2.10. The summed E-state index contributed by atoms with van der Waals surface area (Å²) in [4.78, 5) is 11.8. The van der Waals surface area contributed by atoms with Gasteiger partial charge in [0.25, 0.3) is 0 Å². The van der Waals surface area contributed by atoms with E-state index in [4.69, 9.17) is 0 Å². The molecule has 104 valence electrons. The molecule has 0 bridgehead atoms. The number of hydrogen-bond acceptors (Lipinski definition) is 1. The van der Waals surface area contributed by atoms with Crippen LogP contribution in [0.5, 0.6) is 0 Å². The Hall–Kier alpha value is -2.30. The third-order valence-electron chi connectivity index (χ3n) is 2.68. The number of benzene rings is 2. The molecule has 0 aliphatic carbocycles. The Labute approximate surface area is 114 Å². The highest BCUT2D eigenvalue weighted by Gasteiger charge is 2.30. The number of carbonyl (C=O) groups excluding carboxylic acids is 1. The molecule has 2 aromatic rings. The number of carbonyl (C=O) groups is 1. The number of hydrogen-bond donors (Lipinski definition) is 1. The normalized spacial score (nSPS) is 11.2. The molecule has 1 amide bonds. The summed E-state index contributed by atoms with van der Waals surface area (Å²) in [6, 6.07) is 13.6. The van der Waals surface area contributed by atoms with Crippen LogP contribution in [0.4, 0.5) is 18.9 Å². The molecule has 2 aromatic carbocycles. The minimum atomic E-state index is -4.42. The molecular formula is C15H12F3NO. The summed E-state index contributed by atoms with van der Waals surface area (Å²) >= 11 is 0. The predicted molar refractivity (Wildman–Crippen MR) is 70.2 cm³/mol. The van der Waals surface area contributed by atoms with Crippen molar-refractivity contribution in [3.05, 3.63) is 65.7 Å². The van der Waals surface area contributed by atoms with Crippen molar-refractivity contribution in [3.63, 3.8) is 0 Å². The summed E-state index contributed by atoms with van der Waals surface area (Å²) in [6.07, 6.45) is -4.29. The Kier molecular flexibility index (Phi) is 4.08. The second kappa shape index (κ2) is 5.77. The Morgan fingerprint density at radius 2 is 1.70 bits per heavy atom. The van der Waals surface area contributed by atoms with Crippen molar-refractivity contribution in [3.8, 4) is 0 Å². The van der Waals surface area contributed by atoms with Crippen molar-refractivity contribution >= 4 is 11.6 Å². The van der Waals surface area contributed by atoms with Gasteiger partial charge in [0, 0.05) is 5.69 Å². The van der Waals surface area contributed by atoms with Gasteiger partial charge >= 0.3 is 6.18 Å². The number of alkyl halides is 3. The minimum Gasteiger partial charge on any atom is -0.326 e. The maximum atomic E-state index is 12.5. The third kappa shape index (κ3) is 3.85. The highest BCUT2D eigenvalue weighted by molar-refractivity contribution is 5.92. The van der Waals surface area contributed by atoms with E-state index < -0.39 is 11.7 Å². The summed E-state index contributed by atoms with van der Waals surface area (Å²) in [5.74, 6) is -0.351. The van der Waals surface area contributed by atoms with Crippen molar-refractivity contribution in [1.29, 1.82) is 0 Å². The average Bonchev–Trinajstić information content (AvgIpc) is 2.39. The van der Waals surface area contributed by atoms with Crippen molar-refractivity contribution in [1.82, 2.24) is 0 Å². The number of rotatable bonds is 3. The number of halogens is 3. The fraction of sp³-hybridized carbons (Fsp3) is 0.133. The van der Waals surface area contributed by atoms with Gasteiger partial charge in [0.15, 0.2) is 0 Å². The fourth-order valence-electron chi connectivity index (χ4n) is 1.76. The third-order valence-corrected chi connectivity index (χ3v) is 2.68. The molecule has 0 atom stereocenters. The van der Waals surface area contributed by atoms with Gasteiger partial charge in [-0.15, -0.1) is 0 Å². The first kappa shape index (κ1) is 14.1. The van der Waals surface area contributed by atoms with Gasteiger partial charge in [-0.05, 0) is 23.8 Å². The molecule has 5 heteroatoms. The Morgan fingerprint density at radius 3 is 2.35 bits per heavy atom. The first-order chi connectivity index (χ1) is 9.45. The van der Waals surface area contributed by atoms with Gasteiger partial charge in [0.05, 0.1) is 12.0 Å². The predicted octanol–water partition coefficient (Wildman–Crippen LogP) is 3.89. The minimum absolute atomic E-state index is 0.122. The van der Waals surface area contributed by atoms with Gasteiger partial charge in [0.2, 0.25) is 5.91 Å². The Bertz CT molecular complexity index is 594. The van der Waals surface area contributed by atoms with Gasteiger partial charge in [-0.2, -0.15) is 13.2 Å². The SMILES string of the molecule is O=C(Cc1ccccc1)Nc1cccc(C(F)(F)F)c1. The lowest BCUT2D eigenvalue weighted by Crippen LogP contribution is -2.15. The molecule has 1 N–H and O–H groups in total. The molecule has 0 fully saturated rings. The molecule has 2 nitrogen and oxygen atoms in total. The average molecular weight is 279 g/mol. The van der Waals surface area contributed by atoms with Crippen LogP contribution >= 0.6 is 0 Å². The van der Waals surface area contributed by atoms with Crippen LogP contribution in [0.25, 0.3) is 0 Å². The van der Waals surface area contributed by atoms with Crippen LogP contribution in [0, 0.1) is 0 Å². The molecule has 0 saturated carbocycles. The van der Waals surface area contributed by atoms with Gasteiger partial charge in [-0.25, -0.2) is 0 Å². The van der Waals surface area contributed by atoms with Crippen LogP contribution in [0.15, 0.2) is 54.6 Å². The molecule has 0 radical (unpaired) electrons. The van der Waals surface area contributed by atoms with E-state index in [0.717, 1.165) is 17.7 Å². The molecule has 0 aromatic heterocycles. The van der Waals surface area contributed by atoms with Crippen LogP contribution in [0.3, 0.4) is 0 Å². The first-order valence-corrected chi connectivity index (χ1v) is 5.96. The van der Waals surface area contributed by atoms with E-state index in [9.17, 15) is 18.0 Å². The van der Waals surface area contributed by atoms with Crippen LogP contribution < -0.4 is 5.32 Å². The van der Waals surface area contributed by atoms with E-state index in [1.54, 1.807) is 24.3 Å². The van der Waals surface area contributed by atoms with Crippen molar-refractivity contribution in [2.45, 2.75) is 12.6 Å². The molecule has 0 aliphatic rings. The summed E-state index contributed by atoms with van der Waals surface area (Å²) in [5, 5.41) is 2.46. The van der Waals surface area contributed by atoms with Crippen LogP contribution in [-0.2, 0) is 17.4 Å². The van der Waals surface area contributed by atoms with Gasteiger partial charge in [-0.3, -0.25) is 4.79 Å². The van der Waals surface area contributed by atoms with Gasteiger partial charge in [0.1, 0.15) is 0 Å². The molecule has 0 unspecified atom stereocenters. The van der Waals surface area contributed by atoms with Crippen LogP contribution in [0.2, 0.25) is 0 Å². The smallest absolute Gasteiger partial charge is 0.326 e. The zero-order valence-corrected chi connectivity index (χ0v) is 10.4. The van der Waals surface area contributed by atoms with Crippen LogP contribution in [0.1, 0.15) is 11.1 Å². The van der Waals surface area contributed by atoms with E-state index in [-0.39, 0.29) is 18.0 Å². The maximum absolute atomic E-state index is 12.5. The molecule has 2 rings (SSSR count). The number of nitrogens with one attached hydrogen (secondary N) is 1. The molecular weight excluding hydrogens is 267 g/mol. The standard InChI is InChI=1S/C15H12F3NO/c16-15(17,18)12-7-4-8-13(10-12)19-14(20)9-11-5-2-1-3-6-11/h1-8,10H,9H2,(H,19,20). The van der Waals surface area contributed by atoms with Crippen molar-refractivity contribution in [2.24, 2.45) is 0 Å². The second-order valence-corrected chi connectivity index (χ2v) is 4.29. The van der Waals surface area contributed by atoms with E-state index >= 15 is 0 Å². The molecule has 20 heavy (non-hydrogen) atoms. The highest BCUT2D eigenvalue weighted by Crippen LogP contribution is 2.30. The first-order valence-electron chi connectivity index (χ1n) is 5.96. The Balaban J connectivity index is 2.05. The van der Waals surface area contributed by atoms with Gasteiger partial charge < -0.3 is 5.32 Å². The second-order valence-electron chi connectivity index (χ2n) is 4.29. The van der Waals surface area contributed by atoms with Gasteiger partial charge in [-0.1, -0.05) is 36.4 Å².